The van der Waals surface area contributed by atoms with E-state index in [9.17, 15) is 0 Å². The number of nitrogens with zero attached hydrogens (tertiary/aromatic N) is 3. The molecule has 0 unspecified atom stereocenters. The number of guanidine groups is 1. The maximum Gasteiger partial charge on any atom is 0.218 e. The Hall–Kier alpha value is -1.91. The molecule has 1 aliphatic rings. The smallest absolute Gasteiger partial charge is 0.218 e. The number of nitrogens with one attached hydrogen (secondary N) is 2. The first-order chi connectivity index (χ1) is 14.6. The Kier molecular flexibility index (Phi) is 10.5. The maximum absolute atomic E-state index is 5.95. The van der Waals surface area contributed by atoms with Gasteiger partial charge >= 0.3 is 0 Å². The lowest BCUT2D eigenvalue weighted by Crippen LogP contribution is -2.56. The molecule has 1 saturated heterocycles. The molecule has 1 fully saturated rings. The highest BCUT2D eigenvalue weighted by atomic mass is 127. The molecule has 31 heavy (non-hydrogen) atoms. The molecule has 0 radical (unpaired) electrons. The number of aromatic nitrogens is 1. The SMILES string of the molecule is CN=C(NCc1cccnc1OCc1ccccc1)NCC(C)(C)N1CCOCC1.I. The van der Waals surface area contributed by atoms with Gasteiger partial charge < -0.3 is 20.1 Å². The molecule has 8 heteroatoms. The topological polar surface area (TPSA) is 71.0 Å². The number of morpholine rings is 1. The number of hydrogen-bond acceptors (Lipinski definition) is 5. The highest BCUT2D eigenvalue weighted by molar-refractivity contribution is 14.0. The standard InChI is InChI=1S/C23H33N5O2.HI/c1-23(2,28-12-14-29-15-13-28)18-27-22(24-3)26-16-20-10-7-11-25-21(20)30-17-19-8-5-4-6-9-19;/h4-11H,12-18H2,1-3H3,(H2,24,26,27);1H. The quantitative estimate of drug-likeness (QED) is 0.306. The number of rotatable bonds is 8. The highest BCUT2D eigenvalue weighted by Crippen LogP contribution is 2.17. The van der Waals surface area contributed by atoms with Crippen LogP contribution >= 0.6 is 24.0 Å². The minimum atomic E-state index is 0. The average Bonchev–Trinajstić information content (AvgIpc) is 2.79. The molecule has 0 atom stereocenters. The number of halogens is 1. The maximum atomic E-state index is 5.95. The van der Waals surface area contributed by atoms with Crippen molar-refractivity contribution in [3.8, 4) is 5.88 Å². The summed E-state index contributed by atoms with van der Waals surface area (Å²) in [4.78, 5) is 11.2. The normalized spacial score (nSPS) is 15.1. The van der Waals surface area contributed by atoms with Gasteiger partial charge in [-0.15, -0.1) is 24.0 Å². The zero-order chi connectivity index (χ0) is 21.2. The lowest BCUT2D eigenvalue weighted by atomic mass is 10.0. The first-order valence-electron chi connectivity index (χ1n) is 10.5. The van der Waals surface area contributed by atoms with Gasteiger partial charge in [-0.3, -0.25) is 9.89 Å². The predicted molar refractivity (Wildman–Crippen MR) is 135 cm³/mol. The molecule has 0 amide bonds. The zero-order valence-electron chi connectivity index (χ0n) is 18.6. The average molecular weight is 539 g/mol. The van der Waals surface area contributed by atoms with Crippen molar-refractivity contribution in [2.45, 2.75) is 32.5 Å². The highest BCUT2D eigenvalue weighted by Gasteiger charge is 2.28. The van der Waals surface area contributed by atoms with Crippen LogP contribution in [0.2, 0.25) is 0 Å². The summed E-state index contributed by atoms with van der Waals surface area (Å²) in [6.07, 6.45) is 1.75. The van der Waals surface area contributed by atoms with Crippen LogP contribution in [0.15, 0.2) is 53.7 Å². The number of benzene rings is 1. The largest absolute Gasteiger partial charge is 0.473 e. The summed E-state index contributed by atoms with van der Waals surface area (Å²) in [5.41, 5.74) is 2.12. The van der Waals surface area contributed by atoms with Crippen molar-refractivity contribution >= 4 is 29.9 Å². The molecule has 0 spiro atoms. The minimum Gasteiger partial charge on any atom is -0.473 e. The Morgan fingerprint density at radius 2 is 1.87 bits per heavy atom. The fourth-order valence-electron chi connectivity index (χ4n) is 3.39. The summed E-state index contributed by atoms with van der Waals surface area (Å²) >= 11 is 0. The van der Waals surface area contributed by atoms with Crippen molar-refractivity contribution in [1.82, 2.24) is 20.5 Å². The lowest BCUT2D eigenvalue weighted by molar-refractivity contribution is -0.00834. The van der Waals surface area contributed by atoms with Crippen molar-refractivity contribution in [3.05, 3.63) is 59.8 Å². The Balaban J connectivity index is 0.00000341. The van der Waals surface area contributed by atoms with Crippen LogP contribution in [-0.4, -0.2) is 61.3 Å². The molecule has 0 aliphatic carbocycles. The fourth-order valence-corrected chi connectivity index (χ4v) is 3.39. The number of aliphatic imine (C=N–C) groups is 1. The molecular weight excluding hydrogens is 505 g/mol. The van der Waals surface area contributed by atoms with Crippen LogP contribution in [0.3, 0.4) is 0 Å². The van der Waals surface area contributed by atoms with Gasteiger partial charge in [0.05, 0.1) is 13.2 Å². The molecule has 1 aromatic carbocycles. The first kappa shape index (κ1) is 25.4. The van der Waals surface area contributed by atoms with E-state index in [1.54, 1.807) is 13.2 Å². The second kappa shape index (κ2) is 12.8. The first-order valence-corrected chi connectivity index (χ1v) is 10.5. The van der Waals surface area contributed by atoms with Gasteiger partial charge in [0, 0.05) is 50.5 Å². The summed E-state index contributed by atoms with van der Waals surface area (Å²) < 4.78 is 11.4. The zero-order valence-corrected chi connectivity index (χ0v) is 21.0. The van der Waals surface area contributed by atoms with E-state index in [0.717, 1.165) is 49.9 Å². The Bertz CT molecular complexity index is 811. The van der Waals surface area contributed by atoms with Crippen molar-refractivity contribution in [1.29, 1.82) is 0 Å². The summed E-state index contributed by atoms with van der Waals surface area (Å²) in [6, 6.07) is 14.0. The molecule has 1 aliphatic heterocycles. The summed E-state index contributed by atoms with van der Waals surface area (Å²) in [6.45, 7) is 9.85. The van der Waals surface area contributed by atoms with E-state index in [2.05, 4.69) is 39.4 Å². The van der Waals surface area contributed by atoms with Crippen LogP contribution in [-0.2, 0) is 17.9 Å². The Labute approximate surface area is 202 Å². The third kappa shape index (κ3) is 7.93. The molecule has 170 valence electrons. The van der Waals surface area contributed by atoms with Gasteiger partial charge in [-0.1, -0.05) is 36.4 Å². The van der Waals surface area contributed by atoms with Crippen molar-refractivity contribution in [3.63, 3.8) is 0 Å². The van der Waals surface area contributed by atoms with Gasteiger partial charge in [-0.05, 0) is 25.5 Å². The monoisotopic (exact) mass is 539 g/mol. The van der Waals surface area contributed by atoms with Gasteiger partial charge in [0.15, 0.2) is 5.96 Å². The molecule has 2 aromatic rings. The third-order valence-corrected chi connectivity index (χ3v) is 5.29. The predicted octanol–water partition coefficient (Wildman–Crippen LogP) is 3.05. The van der Waals surface area contributed by atoms with Crippen LogP contribution in [0.1, 0.15) is 25.0 Å². The Morgan fingerprint density at radius 3 is 2.58 bits per heavy atom. The number of hydrogen-bond donors (Lipinski definition) is 2. The molecule has 2 heterocycles. The third-order valence-electron chi connectivity index (χ3n) is 5.29. The van der Waals surface area contributed by atoms with E-state index in [1.807, 2.05) is 42.5 Å². The van der Waals surface area contributed by atoms with E-state index < -0.39 is 0 Å². The van der Waals surface area contributed by atoms with E-state index in [0.29, 0.717) is 19.0 Å². The Morgan fingerprint density at radius 1 is 1.13 bits per heavy atom. The number of ether oxygens (including phenoxy) is 2. The van der Waals surface area contributed by atoms with Crippen molar-refractivity contribution < 1.29 is 9.47 Å². The van der Waals surface area contributed by atoms with Crippen LogP contribution in [0, 0.1) is 0 Å². The van der Waals surface area contributed by atoms with Crippen molar-refractivity contribution in [2.24, 2.45) is 4.99 Å². The van der Waals surface area contributed by atoms with Crippen LogP contribution < -0.4 is 15.4 Å². The summed E-state index contributed by atoms with van der Waals surface area (Å²) in [7, 11) is 1.78. The van der Waals surface area contributed by atoms with Crippen molar-refractivity contribution in [2.75, 3.05) is 39.9 Å². The molecule has 0 saturated carbocycles. The molecule has 3 rings (SSSR count). The van der Waals surface area contributed by atoms with E-state index in [1.165, 1.54) is 0 Å². The van der Waals surface area contributed by atoms with E-state index in [4.69, 9.17) is 9.47 Å². The minimum absolute atomic E-state index is 0. The molecule has 1 aromatic heterocycles. The second-order valence-corrected chi connectivity index (χ2v) is 7.93. The van der Waals surface area contributed by atoms with Gasteiger partial charge in [0.25, 0.3) is 0 Å². The lowest BCUT2D eigenvalue weighted by Gasteiger charge is -2.41. The van der Waals surface area contributed by atoms with Gasteiger partial charge in [0.1, 0.15) is 6.61 Å². The van der Waals surface area contributed by atoms with Gasteiger partial charge in [0.2, 0.25) is 5.88 Å². The van der Waals surface area contributed by atoms with Crippen LogP contribution in [0.25, 0.3) is 0 Å². The van der Waals surface area contributed by atoms with Crippen LogP contribution in [0.4, 0.5) is 0 Å². The summed E-state index contributed by atoms with van der Waals surface area (Å²) in [5, 5.41) is 6.83. The molecule has 2 N–H and O–H groups in total. The summed E-state index contributed by atoms with van der Waals surface area (Å²) in [5.74, 6) is 1.40. The molecule has 7 nitrogen and oxygen atoms in total. The second-order valence-electron chi connectivity index (χ2n) is 7.93. The fraction of sp³-hybridized carbons (Fsp3) is 0.478. The molecular formula is C23H34IN5O2. The van der Waals surface area contributed by atoms with E-state index >= 15 is 0 Å². The van der Waals surface area contributed by atoms with Gasteiger partial charge in [-0.2, -0.15) is 0 Å². The number of pyridine rings is 1. The molecule has 0 bridgehead atoms. The van der Waals surface area contributed by atoms with Crippen LogP contribution in [0.5, 0.6) is 5.88 Å². The van der Waals surface area contributed by atoms with Gasteiger partial charge in [-0.25, -0.2) is 4.98 Å². The van der Waals surface area contributed by atoms with E-state index in [-0.39, 0.29) is 29.5 Å².